The number of hydrogen-bond acceptors (Lipinski definition) is 5. The van der Waals surface area contributed by atoms with Crippen molar-refractivity contribution in [1.29, 1.82) is 0 Å². The van der Waals surface area contributed by atoms with Crippen molar-refractivity contribution in [1.82, 2.24) is 4.98 Å². The van der Waals surface area contributed by atoms with Crippen LogP contribution >= 0.6 is 0 Å². The average Bonchev–Trinajstić information content (AvgIpc) is 2.28. The van der Waals surface area contributed by atoms with Crippen molar-refractivity contribution >= 4 is 11.5 Å². The number of nitrogens with two attached hydrogens (primary N) is 1. The Bertz CT molecular complexity index is 380. The van der Waals surface area contributed by atoms with Crippen molar-refractivity contribution in [2.24, 2.45) is 0 Å². The highest BCUT2D eigenvalue weighted by Gasteiger charge is 2.10. The molecule has 18 heavy (non-hydrogen) atoms. The normalized spacial score (nSPS) is 12.6. The fourth-order valence-corrected chi connectivity index (χ4v) is 1.47. The molecule has 0 aliphatic rings. The van der Waals surface area contributed by atoms with Gasteiger partial charge in [0.15, 0.2) is 0 Å². The summed E-state index contributed by atoms with van der Waals surface area (Å²) in [6.07, 6.45) is 0.425. The van der Waals surface area contributed by atoms with Gasteiger partial charge in [0.1, 0.15) is 5.82 Å². The van der Waals surface area contributed by atoms with Gasteiger partial charge in [0.2, 0.25) is 5.88 Å². The smallest absolute Gasteiger partial charge is 0.239 e. The number of nitrogens with zero attached hydrogens (tertiary/aromatic N) is 2. The molecule has 5 heteroatoms. The molecule has 0 spiro atoms. The van der Waals surface area contributed by atoms with Gasteiger partial charge >= 0.3 is 0 Å². The zero-order chi connectivity index (χ0) is 13.7. The lowest BCUT2D eigenvalue weighted by molar-refractivity contribution is 0.186. The second-order valence-electron chi connectivity index (χ2n) is 4.79. The van der Waals surface area contributed by atoms with Crippen LogP contribution in [0.25, 0.3) is 0 Å². The number of aromatic nitrogens is 1. The van der Waals surface area contributed by atoms with Gasteiger partial charge in [-0.1, -0.05) is 0 Å². The van der Waals surface area contributed by atoms with Crippen LogP contribution < -0.4 is 15.4 Å². The van der Waals surface area contributed by atoms with Crippen LogP contribution in [0.2, 0.25) is 0 Å². The first kappa shape index (κ1) is 14.6. The van der Waals surface area contributed by atoms with Crippen LogP contribution in [0.3, 0.4) is 0 Å². The van der Waals surface area contributed by atoms with Crippen LogP contribution in [0.5, 0.6) is 5.88 Å². The lowest BCUT2D eigenvalue weighted by Crippen LogP contribution is -2.23. The van der Waals surface area contributed by atoms with E-state index in [1.165, 1.54) is 0 Å². The number of pyridine rings is 1. The van der Waals surface area contributed by atoms with Gasteiger partial charge in [0.25, 0.3) is 0 Å². The molecule has 0 aliphatic carbocycles. The molecule has 0 aliphatic heterocycles. The van der Waals surface area contributed by atoms with Gasteiger partial charge in [0.05, 0.1) is 17.9 Å². The van der Waals surface area contributed by atoms with E-state index in [9.17, 15) is 5.11 Å². The monoisotopic (exact) mass is 253 g/mol. The fraction of sp³-hybridized carbons (Fsp3) is 0.615. The van der Waals surface area contributed by atoms with Gasteiger partial charge in [-0.2, -0.15) is 4.98 Å². The fourth-order valence-electron chi connectivity index (χ4n) is 1.47. The standard InChI is InChI=1S/C13H23N3O2/c1-9(2)18-13-11(14)5-6-12(15-13)16(4)8-7-10(3)17/h5-6,9-10,17H,7-8,14H2,1-4H3. The third-order valence-corrected chi connectivity index (χ3v) is 2.50. The second kappa shape index (κ2) is 6.44. The summed E-state index contributed by atoms with van der Waals surface area (Å²) in [6, 6.07) is 3.64. The van der Waals surface area contributed by atoms with Gasteiger partial charge in [-0.3, -0.25) is 0 Å². The molecule has 1 aromatic rings. The summed E-state index contributed by atoms with van der Waals surface area (Å²) in [4.78, 5) is 6.36. The van der Waals surface area contributed by atoms with E-state index in [0.717, 1.165) is 12.4 Å². The highest BCUT2D eigenvalue weighted by Crippen LogP contribution is 2.23. The summed E-state index contributed by atoms with van der Waals surface area (Å²) < 4.78 is 5.55. The van der Waals surface area contributed by atoms with E-state index in [1.54, 1.807) is 13.0 Å². The Morgan fingerprint density at radius 2 is 2.06 bits per heavy atom. The Morgan fingerprint density at radius 3 is 2.61 bits per heavy atom. The highest BCUT2D eigenvalue weighted by molar-refractivity contribution is 5.54. The van der Waals surface area contributed by atoms with Gasteiger partial charge in [0, 0.05) is 13.6 Å². The number of ether oxygens (including phenoxy) is 1. The second-order valence-corrected chi connectivity index (χ2v) is 4.79. The van der Waals surface area contributed by atoms with Crippen molar-refractivity contribution in [2.45, 2.75) is 39.4 Å². The summed E-state index contributed by atoms with van der Waals surface area (Å²) in [6.45, 7) is 6.38. The molecule has 1 unspecified atom stereocenters. The number of hydrogen-bond donors (Lipinski definition) is 2. The van der Waals surface area contributed by atoms with E-state index >= 15 is 0 Å². The zero-order valence-electron chi connectivity index (χ0n) is 11.6. The number of aliphatic hydroxyl groups excluding tert-OH is 1. The topological polar surface area (TPSA) is 71.6 Å². The van der Waals surface area contributed by atoms with Crippen LogP contribution in [-0.4, -0.2) is 35.9 Å². The van der Waals surface area contributed by atoms with Crippen LogP contribution in [0.15, 0.2) is 12.1 Å². The summed E-state index contributed by atoms with van der Waals surface area (Å²) in [5, 5.41) is 9.27. The van der Waals surface area contributed by atoms with Crippen molar-refractivity contribution in [3.05, 3.63) is 12.1 Å². The van der Waals surface area contributed by atoms with Gasteiger partial charge < -0.3 is 20.5 Å². The number of anilines is 2. The van der Waals surface area contributed by atoms with E-state index in [-0.39, 0.29) is 12.2 Å². The molecular weight excluding hydrogens is 230 g/mol. The summed E-state index contributed by atoms with van der Waals surface area (Å²) in [5.74, 6) is 1.26. The highest BCUT2D eigenvalue weighted by atomic mass is 16.5. The third kappa shape index (κ3) is 4.41. The minimum atomic E-state index is -0.312. The van der Waals surface area contributed by atoms with E-state index < -0.39 is 0 Å². The molecule has 0 bridgehead atoms. The predicted molar refractivity (Wildman–Crippen MR) is 74.0 cm³/mol. The number of nitrogen functional groups attached to an aromatic ring is 1. The Kier molecular flexibility index (Phi) is 5.22. The molecule has 1 aromatic heterocycles. The molecule has 0 amide bonds. The van der Waals surface area contributed by atoms with Crippen LogP contribution in [0, 0.1) is 0 Å². The first-order chi connectivity index (χ1) is 8.40. The predicted octanol–water partition coefficient (Wildman–Crippen LogP) is 1.66. The molecule has 1 heterocycles. The Morgan fingerprint density at radius 1 is 1.39 bits per heavy atom. The van der Waals surface area contributed by atoms with E-state index in [4.69, 9.17) is 10.5 Å². The van der Waals surface area contributed by atoms with Crippen LogP contribution in [0.4, 0.5) is 11.5 Å². The minimum absolute atomic E-state index is 0.0396. The molecule has 5 nitrogen and oxygen atoms in total. The van der Waals surface area contributed by atoms with E-state index in [2.05, 4.69) is 4.98 Å². The first-order valence-electron chi connectivity index (χ1n) is 6.22. The molecular formula is C13H23N3O2. The Labute approximate surface area is 109 Å². The quantitative estimate of drug-likeness (QED) is 0.806. The average molecular weight is 253 g/mol. The molecule has 0 radical (unpaired) electrons. The van der Waals surface area contributed by atoms with E-state index in [0.29, 0.717) is 18.0 Å². The van der Waals surface area contributed by atoms with Crippen molar-refractivity contribution in [3.8, 4) is 5.88 Å². The van der Waals surface area contributed by atoms with E-state index in [1.807, 2.05) is 31.9 Å². The molecule has 0 aromatic carbocycles. The maximum absolute atomic E-state index is 9.27. The minimum Gasteiger partial charge on any atom is -0.473 e. The lowest BCUT2D eigenvalue weighted by atomic mass is 10.2. The SMILES string of the molecule is CC(O)CCN(C)c1ccc(N)c(OC(C)C)n1. The third-order valence-electron chi connectivity index (χ3n) is 2.50. The van der Waals surface area contributed by atoms with Gasteiger partial charge in [-0.15, -0.1) is 0 Å². The molecule has 102 valence electrons. The van der Waals surface area contributed by atoms with Gasteiger partial charge in [-0.25, -0.2) is 0 Å². The number of rotatable bonds is 6. The summed E-state index contributed by atoms with van der Waals surface area (Å²) >= 11 is 0. The maximum Gasteiger partial charge on any atom is 0.239 e. The Balaban J connectivity index is 2.77. The molecule has 3 N–H and O–H groups in total. The van der Waals surface area contributed by atoms with Crippen LogP contribution in [0.1, 0.15) is 27.2 Å². The largest absolute Gasteiger partial charge is 0.473 e. The van der Waals surface area contributed by atoms with Crippen molar-refractivity contribution < 1.29 is 9.84 Å². The molecule has 0 saturated heterocycles. The molecule has 0 saturated carbocycles. The van der Waals surface area contributed by atoms with Gasteiger partial charge in [-0.05, 0) is 39.3 Å². The first-order valence-corrected chi connectivity index (χ1v) is 6.22. The van der Waals surface area contributed by atoms with Crippen molar-refractivity contribution in [2.75, 3.05) is 24.2 Å². The Hall–Kier alpha value is -1.49. The van der Waals surface area contributed by atoms with Crippen LogP contribution in [-0.2, 0) is 0 Å². The lowest BCUT2D eigenvalue weighted by Gasteiger charge is -2.20. The maximum atomic E-state index is 9.27. The zero-order valence-corrected chi connectivity index (χ0v) is 11.6. The molecule has 1 atom stereocenters. The summed E-state index contributed by atoms with van der Waals surface area (Å²) in [5.41, 5.74) is 6.35. The van der Waals surface area contributed by atoms with Crippen molar-refractivity contribution in [3.63, 3.8) is 0 Å². The molecule has 1 rings (SSSR count). The number of aliphatic hydroxyl groups is 1. The summed E-state index contributed by atoms with van der Waals surface area (Å²) in [7, 11) is 1.93. The molecule has 0 fully saturated rings.